The molecule has 0 bridgehead atoms. The highest BCUT2D eigenvalue weighted by Crippen LogP contribution is 2.13. The smallest absolute Gasteiger partial charge is 0.338 e. The predicted molar refractivity (Wildman–Crippen MR) is 90.7 cm³/mol. The number of nitrogens with one attached hydrogen (secondary N) is 2. The highest BCUT2D eigenvalue weighted by molar-refractivity contribution is 5.98. The van der Waals surface area contributed by atoms with Gasteiger partial charge in [-0.3, -0.25) is 9.59 Å². The number of benzene rings is 2. The third-order valence-electron chi connectivity index (χ3n) is 3.11. The molecule has 0 saturated heterocycles. The van der Waals surface area contributed by atoms with Crippen molar-refractivity contribution in [2.75, 3.05) is 10.6 Å². The van der Waals surface area contributed by atoms with Crippen LogP contribution in [0.15, 0.2) is 54.6 Å². The van der Waals surface area contributed by atoms with Crippen molar-refractivity contribution in [3.63, 3.8) is 0 Å². The topological polar surface area (TPSA) is 84.5 Å². The van der Waals surface area contributed by atoms with Gasteiger partial charge in [-0.2, -0.15) is 0 Å². The van der Waals surface area contributed by atoms with Crippen LogP contribution >= 0.6 is 0 Å². The van der Waals surface area contributed by atoms with E-state index in [1.165, 1.54) is 19.9 Å². The normalized spacial score (nSPS) is 11.2. The van der Waals surface area contributed by atoms with Gasteiger partial charge in [-0.1, -0.05) is 24.3 Å². The molecule has 2 N–H and O–H groups in total. The standard InChI is InChI=1S/C18H18N2O4/c1-12(17(22)20-15-8-4-3-5-9-15)24-18(23)14-7-6-10-16(11-14)19-13(2)21/h3-12H,1-2H3,(H,19,21)(H,20,22)/t12-/m1/s1. The van der Waals surface area contributed by atoms with Crippen molar-refractivity contribution in [2.24, 2.45) is 0 Å². The minimum Gasteiger partial charge on any atom is -0.449 e. The molecule has 24 heavy (non-hydrogen) atoms. The van der Waals surface area contributed by atoms with E-state index in [-0.39, 0.29) is 11.5 Å². The first kappa shape index (κ1) is 17.2. The summed E-state index contributed by atoms with van der Waals surface area (Å²) in [5.41, 5.74) is 1.36. The van der Waals surface area contributed by atoms with Crippen molar-refractivity contribution >= 4 is 29.2 Å². The molecule has 0 aliphatic carbocycles. The number of hydrogen-bond donors (Lipinski definition) is 2. The summed E-state index contributed by atoms with van der Waals surface area (Å²) in [4.78, 5) is 35.2. The van der Waals surface area contributed by atoms with Gasteiger partial charge in [0, 0.05) is 18.3 Å². The maximum Gasteiger partial charge on any atom is 0.338 e. The first-order valence-electron chi connectivity index (χ1n) is 7.40. The molecule has 0 heterocycles. The van der Waals surface area contributed by atoms with Gasteiger partial charge < -0.3 is 15.4 Å². The quantitative estimate of drug-likeness (QED) is 0.828. The fourth-order valence-electron chi connectivity index (χ4n) is 1.97. The van der Waals surface area contributed by atoms with Gasteiger partial charge in [0.15, 0.2) is 6.10 Å². The predicted octanol–water partition coefficient (Wildman–Crippen LogP) is 2.83. The number of anilines is 2. The molecule has 1 atom stereocenters. The minimum atomic E-state index is -0.956. The number of ether oxygens (including phenoxy) is 1. The number of carbonyl (C=O) groups is 3. The fourth-order valence-corrected chi connectivity index (χ4v) is 1.97. The van der Waals surface area contributed by atoms with Gasteiger partial charge in [-0.25, -0.2) is 4.79 Å². The zero-order chi connectivity index (χ0) is 17.5. The third-order valence-corrected chi connectivity index (χ3v) is 3.11. The highest BCUT2D eigenvalue weighted by Gasteiger charge is 2.19. The summed E-state index contributed by atoms with van der Waals surface area (Å²) in [6.45, 7) is 2.87. The van der Waals surface area contributed by atoms with Crippen LogP contribution < -0.4 is 10.6 Å². The van der Waals surface area contributed by atoms with Gasteiger partial charge in [0.2, 0.25) is 5.91 Å². The Kier molecular flexibility index (Phi) is 5.68. The van der Waals surface area contributed by atoms with Crippen molar-refractivity contribution in [1.29, 1.82) is 0 Å². The van der Waals surface area contributed by atoms with Crippen LogP contribution in [-0.2, 0) is 14.3 Å². The minimum absolute atomic E-state index is 0.240. The molecule has 0 fully saturated rings. The molecule has 0 saturated carbocycles. The van der Waals surface area contributed by atoms with Gasteiger partial charge in [-0.05, 0) is 37.3 Å². The Labute approximate surface area is 139 Å². The van der Waals surface area contributed by atoms with Crippen molar-refractivity contribution < 1.29 is 19.1 Å². The largest absolute Gasteiger partial charge is 0.449 e. The Balaban J connectivity index is 1.98. The SMILES string of the molecule is CC(=O)Nc1cccc(C(=O)O[C@H](C)C(=O)Nc2ccccc2)c1. The van der Waals surface area contributed by atoms with Gasteiger partial charge in [0.25, 0.3) is 5.91 Å². The zero-order valence-corrected chi connectivity index (χ0v) is 13.4. The summed E-state index contributed by atoms with van der Waals surface area (Å²) >= 11 is 0. The molecule has 6 heteroatoms. The Morgan fingerprint density at radius 3 is 2.25 bits per heavy atom. The van der Waals surface area contributed by atoms with E-state index in [0.29, 0.717) is 11.4 Å². The summed E-state index contributed by atoms with van der Waals surface area (Å²) in [5.74, 6) is -1.30. The van der Waals surface area contributed by atoms with Crippen LogP contribution in [0.4, 0.5) is 11.4 Å². The van der Waals surface area contributed by atoms with E-state index in [2.05, 4.69) is 10.6 Å². The zero-order valence-electron chi connectivity index (χ0n) is 13.4. The molecule has 0 aromatic heterocycles. The second-order valence-corrected chi connectivity index (χ2v) is 5.16. The second-order valence-electron chi connectivity index (χ2n) is 5.16. The Bertz CT molecular complexity index is 744. The number of rotatable bonds is 5. The molecule has 0 spiro atoms. The summed E-state index contributed by atoms with van der Waals surface area (Å²) in [7, 11) is 0. The van der Waals surface area contributed by atoms with Gasteiger partial charge in [-0.15, -0.1) is 0 Å². The monoisotopic (exact) mass is 326 g/mol. The van der Waals surface area contributed by atoms with Crippen LogP contribution in [-0.4, -0.2) is 23.9 Å². The lowest BCUT2D eigenvalue weighted by Gasteiger charge is -2.14. The van der Waals surface area contributed by atoms with E-state index in [1.807, 2.05) is 6.07 Å². The molecule has 124 valence electrons. The molecule has 2 rings (SSSR count). The Morgan fingerprint density at radius 1 is 0.917 bits per heavy atom. The van der Waals surface area contributed by atoms with Crippen LogP contribution in [0.2, 0.25) is 0 Å². The van der Waals surface area contributed by atoms with Gasteiger partial charge >= 0.3 is 5.97 Å². The van der Waals surface area contributed by atoms with Crippen molar-refractivity contribution in [1.82, 2.24) is 0 Å². The summed E-state index contributed by atoms with van der Waals surface area (Å²) in [6.07, 6.45) is -0.956. The Morgan fingerprint density at radius 2 is 1.58 bits per heavy atom. The average molecular weight is 326 g/mol. The highest BCUT2D eigenvalue weighted by atomic mass is 16.5. The average Bonchev–Trinajstić information content (AvgIpc) is 2.55. The molecule has 0 aliphatic heterocycles. The molecule has 2 amide bonds. The molecule has 6 nitrogen and oxygen atoms in total. The molecule has 2 aromatic rings. The number of carbonyl (C=O) groups excluding carboxylic acids is 3. The number of esters is 1. The lowest BCUT2D eigenvalue weighted by molar-refractivity contribution is -0.123. The Hall–Kier alpha value is -3.15. The van der Waals surface area contributed by atoms with Crippen LogP contribution in [0.5, 0.6) is 0 Å². The van der Waals surface area contributed by atoms with E-state index in [1.54, 1.807) is 42.5 Å². The molecule has 0 radical (unpaired) electrons. The maximum atomic E-state index is 12.1. The summed E-state index contributed by atoms with van der Waals surface area (Å²) < 4.78 is 5.17. The van der Waals surface area contributed by atoms with E-state index in [9.17, 15) is 14.4 Å². The maximum absolute atomic E-state index is 12.1. The summed E-state index contributed by atoms with van der Waals surface area (Å²) in [5, 5.41) is 5.25. The number of amides is 2. The van der Waals surface area contributed by atoms with Crippen molar-refractivity contribution in [3.8, 4) is 0 Å². The molecule has 2 aromatic carbocycles. The van der Waals surface area contributed by atoms with E-state index in [4.69, 9.17) is 4.74 Å². The summed E-state index contributed by atoms with van der Waals surface area (Å²) in [6, 6.07) is 15.2. The van der Waals surface area contributed by atoms with Crippen LogP contribution in [0, 0.1) is 0 Å². The van der Waals surface area contributed by atoms with Crippen LogP contribution in [0.1, 0.15) is 24.2 Å². The lowest BCUT2D eigenvalue weighted by Crippen LogP contribution is -2.30. The molecule has 0 unspecified atom stereocenters. The molecular weight excluding hydrogens is 308 g/mol. The van der Waals surface area contributed by atoms with E-state index in [0.717, 1.165) is 0 Å². The van der Waals surface area contributed by atoms with Crippen LogP contribution in [0.3, 0.4) is 0 Å². The van der Waals surface area contributed by atoms with E-state index >= 15 is 0 Å². The number of hydrogen-bond acceptors (Lipinski definition) is 4. The second kappa shape index (κ2) is 7.92. The third kappa shape index (κ3) is 4.95. The van der Waals surface area contributed by atoms with E-state index < -0.39 is 18.0 Å². The first-order valence-corrected chi connectivity index (χ1v) is 7.40. The van der Waals surface area contributed by atoms with Crippen molar-refractivity contribution in [2.45, 2.75) is 20.0 Å². The van der Waals surface area contributed by atoms with Crippen LogP contribution in [0.25, 0.3) is 0 Å². The lowest BCUT2D eigenvalue weighted by atomic mass is 10.2. The molecule has 0 aliphatic rings. The van der Waals surface area contributed by atoms with Gasteiger partial charge in [0.05, 0.1) is 5.56 Å². The van der Waals surface area contributed by atoms with Gasteiger partial charge in [0.1, 0.15) is 0 Å². The molecular formula is C18H18N2O4. The van der Waals surface area contributed by atoms with Crippen molar-refractivity contribution in [3.05, 3.63) is 60.2 Å². The first-order chi connectivity index (χ1) is 11.5. The number of para-hydroxylation sites is 1. The fraction of sp³-hybridized carbons (Fsp3) is 0.167.